The third kappa shape index (κ3) is 18.6. The third-order valence-electron chi connectivity index (χ3n) is 12.2. The molecule has 0 saturated carbocycles. The van der Waals surface area contributed by atoms with Crippen molar-refractivity contribution >= 4 is 11.4 Å². The van der Waals surface area contributed by atoms with Gasteiger partial charge in [-0.1, -0.05) is 222 Å². The van der Waals surface area contributed by atoms with Gasteiger partial charge in [-0.05, 0) is 77.6 Å². The lowest BCUT2D eigenvalue weighted by Gasteiger charge is -2.12. The predicted octanol–water partition coefficient (Wildman–Crippen LogP) is 18.2. The smallest absolute Gasteiger partial charge is 0.211 e. The third-order valence-corrected chi connectivity index (χ3v) is 12.2. The maximum Gasteiger partial charge on any atom is 0.211 e. The van der Waals surface area contributed by atoms with Gasteiger partial charge in [-0.15, -0.1) is 0 Å². The Hall–Kier alpha value is -2.48. The summed E-state index contributed by atoms with van der Waals surface area (Å²) >= 11 is 0. The summed E-state index contributed by atoms with van der Waals surface area (Å²) in [6.45, 7) is 13.3. The molecule has 2 nitrogen and oxygen atoms in total. The van der Waals surface area contributed by atoms with Crippen molar-refractivity contribution in [3.63, 3.8) is 0 Å². The van der Waals surface area contributed by atoms with Crippen LogP contribution in [-0.4, -0.2) is 4.70 Å². The van der Waals surface area contributed by atoms with Gasteiger partial charge in [0.25, 0.3) is 0 Å². The van der Waals surface area contributed by atoms with Gasteiger partial charge in [0.15, 0.2) is 0 Å². The van der Waals surface area contributed by atoms with Crippen molar-refractivity contribution in [3.8, 4) is 0 Å². The zero-order chi connectivity index (χ0) is 39.5. The first kappa shape index (κ1) is 46.9. The average molecular weight is 751 g/mol. The van der Waals surface area contributed by atoms with Crippen molar-refractivity contribution in [2.75, 3.05) is 0 Å². The van der Waals surface area contributed by atoms with E-state index in [4.69, 9.17) is 0 Å². The van der Waals surface area contributed by atoms with E-state index in [1.54, 1.807) is 4.70 Å². The second-order valence-corrected chi connectivity index (χ2v) is 17.8. The normalized spacial score (nSPS) is 13.2. The summed E-state index contributed by atoms with van der Waals surface area (Å²) in [6, 6.07) is 13.5. The molecule has 1 aliphatic rings. The zero-order valence-corrected chi connectivity index (χ0v) is 37.3. The van der Waals surface area contributed by atoms with Gasteiger partial charge in [-0.2, -0.15) is 0 Å². The minimum absolute atomic E-state index is 1.01. The van der Waals surface area contributed by atoms with Gasteiger partial charge in [-0.25, -0.2) is 4.70 Å². The summed E-state index contributed by atoms with van der Waals surface area (Å²) in [6.07, 6.45) is 42.8. The maximum atomic E-state index is 12.0. The zero-order valence-electron chi connectivity index (χ0n) is 37.3. The number of hydrogen-bond donors (Lipinski definition) is 0. The first-order chi connectivity index (χ1) is 26.8. The molecule has 2 aromatic carbocycles. The van der Waals surface area contributed by atoms with Crippen LogP contribution in [0, 0.1) is 27.7 Å². The summed E-state index contributed by atoms with van der Waals surface area (Å²) in [5.41, 5.74) is 24.0. The number of unbranched alkanes of at least 4 members (excludes halogenated alkanes) is 27. The fourth-order valence-electron chi connectivity index (χ4n) is 9.16. The second-order valence-electron chi connectivity index (χ2n) is 17.8. The van der Waals surface area contributed by atoms with Crippen molar-refractivity contribution < 1.29 is 4.70 Å². The number of allylic oxidation sites excluding steroid dienone is 2. The Morgan fingerprint density at radius 1 is 0.327 bits per heavy atom. The first-order valence-corrected chi connectivity index (χ1v) is 24.0. The molecule has 0 bridgehead atoms. The van der Waals surface area contributed by atoms with E-state index >= 15 is 0 Å². The van der Waals surface area contributed by atoms with E-state index < -0.39 is 0 Å². The molecular formula is C53H86N2. The van der Waals surface area contributed by atoms with Crippen LogP contribution in [0.4, 0.5) is 0 Å². The van der Waals surface area contributed by atoms with Crippen LogP contribution in [0.2, 0.25) is 0 Å². The fraction of sp³-hybridized carbons (Fsp3) is 0.698. The van der Waals surface area contributed by atoms with E-state index in [0.717, 1.165) is 48.2 Å². The van der Waals surface area contributed by atoms with Gasteiger partial charge in [0, 0.05) is 22.3 Å². The van der Waals surface area contributed by atoms with Crippen molar-refractivity contribution in [1.29, 1.82) is 0 Å². The van der Waals surface area contributed by atoms with Gasteiger partial charge in [0.1, 0.15) is 0 Å². The number of aryl methyl sites for hydroxylation is 4. The van der Waals surface area contributed by atoms with Gasteiger partial charge >= 0.3 is 0 Å². The molecule has 2 aromatic rings. The molecule has 0 unspecified atom stereocenters. The van der Waals surface area contributed by atoms with Gasteiger partial charge < -0.3 is 5.53 Å². The quantitative estimate of drug-likeness (QED) is 0.0513. The Labute approximate surface area is 342 Å². The van der Waals surface area contributed by atoms with E-state index in [0.29, 0.717) is 0 Å². The Balaban J connectivity index is 1.27. The Kier molecular flexibility index (Phi) is 24.6. The molecule has 0 fully saturated rings. The molecule has 3 rings (SSSR count). The number of nitrogens with zero attached hydrogens (tertiary/aromatic N) is 2. The van der Waals surface area contributed by atoms with Gasteiger partial charge in [0.05, 0.1) is 0 Å². The Morgan fingerprint density at radius 3 is 0.836 bits per heavy atom. The SMILES string of the molecule is CCCCCCCCCCCCCCCCCCCCCCCCCCCCCC1=C(c2cc(C)cc(C)c2)[N+](=[N-])C(c2cc(C)cc(C)c2)=C1CCCC. The molecule has 1 heterocycles. The molecule has 0 aliphatic carbocycles. The molecule has 0 aromatic heterocycles. The largest absolute Gasteiger partial charge is 0.493 e. The molecule has 0 N–H and O–H groups in total. The summed E-state index contributed by atoms with van der Waals surface area (Å²) in [7, 11) is 0. The molecule has 2 heteroatoms. The molecule has 0 saturated heterocycles. The monoisotopic (exact) mass is 751 g/mol. The van der Waals surface area contributed by atoms with Crippen molar-refractivity contribution in [2.45, 2.75) is 241 Å². The molecular weight excluding hydrogens is 665 g/mol. The van der Waals surface area contributed by atoms with Gasteiger partial charge in [0.2, 0.25) is 11.4 Å². The second kappa shape index (κ2) is 28.8. The minimum atomic E-state index is 1.01. The predicted molar refractivity (Wildman–Crippen MR) is 244 cm³/mol. The van der Waals surface area contributed by atoms with Crippen LogP contribution >= 0.6 is 0 Å². The van der Waals surface area contributed by atoms with Crippen LogP contribution in [-0.2, 0) is 0 Å². The summed E-state index contributed by atoms with van der Waals surface area (Å²) in [5, 5.41) is 0. The highest BCUT2D eigenvalue weighted by atomic mass is 15.2. The van der Waals surface area contributed by atoms with E-state index in [9.17, 15) is 5.53 Å². The molecule has 55 heavy (non-hydrogen) atoms. The molecule has 0 radical (unpaired) electrons. The molecule has 0 atom stereocenters. The van der Waals surface area contributed by atoms with Crippen LogP contribution in [0.1, 0.15) is 246 Å². The molecule has 0 amide bonds. The highest BCUT2D eigenvalue weighted by Crippen LogP contribution is 2.45. The highest BCUT2D eigenvalue weighted by molar-refractivity contribution is 5.82. The van der Waals surface area contributed by atoms with Crippen LogP contribution in [0.25, 0.3) is 16.9 Å². The van der Waals surface area contributed by atoms with Crippen LogP contribution in [0.3, 0.4) is 0 Å². The molecule has 0 spiro atoms. The number of rotatable bonds is 33. The summed E-state index contributed by atoms with van der Waals surface area (Å²) < 4.78 is 1.56. The van der Waals surface area contributed by atoms with E-state index in [2.05, 4.69) is 77.9 Å². The van der Waals surface area contributed by atoms with Gasteiger partial charge in [-0.3, -0.25) is 0 Å². The number of benzene rings is 2. The summed E-state index contributed by atoms with van der Waals surface area (Å²) in [4.78, 5) is 0. The fourth-order valence-corrected chi connectivity index (χ4v) is 9.16. The summed E-state index contributed by atoms with van der Waals surface area (Å²) in [5.74, 6) is 0. The first-order valence-electron chi connectivity index (χ1n) is 24.0. The molecule has 1 aliphatic heterocycles. The number of hydrogen-bond acceptors (Lipinski definition) is 0. The lowest BCUT2D eigenvalue weighted by Crippen LogP contribution is -2.03. The highest BCUT2D eigenvalue weighted by Gasteiger charge is 2.35. The van der Waals surface area contributed by atoms with E-state index in [-0.39, 0.29) is 0 Å². The van der Waals surface area contributed by atoms with Crippen molar-refractivity contribution in [2.24, 2.45) is 0 Å². The lowest BCUT2D eigenvalue weighted by atomic mass is 9.91. The van der Waals surface area contributed by atoms with Crippen molar-refractivity contribution in [1.82, 2.24) is 0 Å². The van der Waals surface area contributed by atoms with Crippen LogP contribution in [0.15, 0.2) is 47.5 Å². The standard InChI is InChI=1S/C53H86N2/c1-7-9-11-12-13-14-15-16-17-18-19-20-21-22-23-24-25-26-27-28-29-30-31-32-33-34-35-37-51-50(36-10-8-2)52(48-40-44(3)38-45(4)41-48)55(54)53(51)49-42-46(5)39-47(6)43-49/h38-43H,7-37H2,1-6H3. The van der Waals surface area contributed by atoms with Crippen molar-refractivity contribution in [3.05, 3.63) is 86.5 Å². The molecule has 308 valence electrons. The Bertz CT molecular complexity index is 1380. The lowest BCUT2D eigenvalue weighted by molar-refractivity contribution is -0.345. The van der Waals surface area contributed by atoms with E-state index in [1.807, 2.05) is 0 Å². The maximum absolute atomic E-state index is 12.0. The van der Waals surface area contributed by atoms with E-state index in [1.165, 1.54) is 207 Å². The van der Waals surface area contributed by atoms with Crippen LogP contribution < -0.4 is 0 Å². The minimum Gasteiger partial charge on any atom is -0.493 e. The average Bonchev–Trinajstić information content (AvgIpc) is 3.43. The Morgan fingerprint density at radius 2 is 0.564 bits per heavy atom. The topological polar surface area (TPSA) is 25.3 Å². The van der Waals surface area contributed by atoms with Crippen LogP contribution in [0.5, 0.6) is 0 Å².